The summed E-state index contributed by atoms with van der Waals surface area (Å²) in [5.41, 5.74) is -0.241. The van der Waals surface area contributed by atoms with Crippen LogP contribution in [-0.4, -0.2) is 61.2 Å². The lowest BCUT2D eigenvalue weighted by Gasteiger charge is -2.23. The smallest absolute Gasteiger partial charge is 0.437 e. The molecule has 0 aromatic rings. The van der Waals surface area contributed by atoms with Crippen molar-refractivity contribution in [3.05, 3.63) is 0 Å². The predicted molar refractivity (Wildman–Crippen MR) is 110 cm³/mol. The van der Waals surface area contributed by atoms with E-state index in [1.54, 1.807) is 41.5 Å². The van der Waals surface area contributed by atoms with Gasteiger partial charge in [-0.1, -0.05) is 0 Å². The van der Waals surface area contributed by atoms with Gasteiger partial charge in [-0.15, -0.1) is 0 Å². The summed E-state index contributed by atoms with van der Waals surface area (Å²) in [6.45, 7) is 10.6. The second-order valence-corrected chi connectivity index (χ2v) is 11.3. The fourth-order valence-electron chi connectivity index (χ4n) is 2.24. The molecule has 2 N–H and O–H groups in total. The lowest BCUT2D eigenvalue weighted by Crippen LogP contribution is -2.41. The van der Waals surface area contributed by atoms with E-state index in [2.05, 4.69) is 0 Å². The Balaban J connectivity index is 2.85. The van der Waals surface area contributed by atoms with Gasteiger partial charge in [0.25, 0.3) is 5.91 Å². The Kier molecular flexibility index (Phi) is 10.0. The van der Waals surface area contributed by atoms with Gasteiger partial charge in [0.1, 0.15) is 6.10 Å². The molecule has 1 aliphatic rings. The number of nitrogens with one attached hydrogen (secondary N) is 1. The van der Waals surface area contributed by atoms with Crippen molar-refractivity contribution in [1.82, 2.24) is 5.48 Å². The molecule has 0 unspecified atom stereocenters. The molecule has 0 aromatic heterocycles. The molecule has 0 radical (unpaired) electrons. The number of hydrogen-bond acceptors (Lipinski definition) is 12. The molecule has 0 spiro atoms. The van der Waals surface area contributed by atoms with Gasteiger partial charge < -0.3 is 18.9 Å². The quantitative estimate of drug-likeness (QED) is 0.148. The first-order chi connectivity index (χ1) is 14.9. The molecule has 0 aliphatic carbocycles. The average Bonchev–Trinajstić information content (AvgIpc) is 2.99. The van der Waals surface area contributed by atoms with Crippen LogP contribution in [0.1, 0.15) is 55.4 Å². The van der Waals surface area contributed by atoms with Crippen molar-refractivity contribution in [2.24, 2.45) is 10.8 Å². The van der Waals surface area contributed by atoms with E-state index in [-0.39, 0.29) is 0 Å². The highest BCUT2D eigenvalue weighted by molar-refractivity contribution is 7.48. The van der Waals surface area contributed by atoms with Crippen molar-refractivity contribution in [2.75, 3.05) is 20.2 Å². The molecule has 33 heavy (non-hydrogen) atoms. The molecule has 1 amide bonds. The van der Waals surface area contributed by atoms with Crippen LogP contribution < -0.4 is 5.48 Å². The molecule has 1 saturated heterocycles. The van der Waals surface area contributed by atoms with E-state index < -0.39 is 74.7 Å². The van der Waals surface area contributed by atoms with Gasteiger partial charge in [-0.3, -0.25) is 24.1 Å². The van der Waals surface area contributed by atoms with E-state index in [0.717, 1.165) is 0 Å². The maximum Gasteiger partial charge on any atom is 0.480 e. The second kappa shape index (κ2) is 11.2. The van der Waals surface area contributed by atoms with E-state index in [1.807, 2.05) is 0 Å². The third kappa shape index (κ3) is 9.65. The van der Waals surface area contributed by atoms with Gasteiger partial charge >= 0.3 is 19.8 Å². The van der Waals surface area contributed by atoms with Gasteiger partial charge in [-0.05, 0) is 55.4 Å². The van der Waals surface area contributed by atoms with Crippen LogP contribution in [0.15, 0.2) is 0 Å². The Bertz CT molecular complexity index is 719. The van der Waals surface area contributed by atoms with Crippen molar-refractivity contribution in [3.8, 4) is 0 Å². The number of hydrogen-bond donors (Lipinski definition) is 2. The third-order valence-electron chi connectivity index (χ3n) is 3.98. The first-order valence-electron chi connectivity index (χ1n) is 10.1. The summed E-state index contributed by atoms with van der Waals surface area (Å²) in [6, 6.07) is 0. The molecule has 0 saturated carbocycles. The van der Waals surface area contributed by atoms with E-state index in [1.165, 1.54) is 19.3 Å². The molecular weight excluding hydrogens is 465 g/mol. The summed E-state index contributed by atoms with van der Waals surface area (Å²) in [4.78, 5) is 35.7. The highest BCUT2D eigenvalue weighted by Crippen LogP contribution is 2.50. The molecule has 14 heteroatoms. The second-order valence-electron chi connectivity index (χ2n) is 9.67. The van der Waals surface area contributed by atoms with Crippen LogP contribution in [0.4, 0.5) is 0 Å². The zero-order valence-electron chi connectivity index (χ0n) is 20.2. The molecule has 1 aliphatic heterocycles. The number of ether oxygens (including phenoxy) is 4. The Labute approximate surface area is 192 Å². The minimum Gasteiger partial charge on any atom is -0.437 e. The fraction of sp³-hybridized carbons (Fsp3) is 0.842. The van der Waals surface area contributed by atoms with Crippen molar-refractivity contribution in [2.45, 2.75) is 73.4 Å². The third-order valence-corrected chi connectivity index (χ3v) is 5.28. The van der Waals surface area contributed by atoms with Gasteiger partial charge in [-0.2, -0.15) is 0 Å². The van der Waals surface area contributed by atoms with Crippen molar-refractivity contribution in [1.29, 1.82) is 0 Å². The zero-order valence-corrected chi connectivity index (χ0v) is 21.1. The van der Waals surface area contributed by atoms with Gasteiger partial charge in [0.05, 0.1) is 17.4 Å². The first kappa shape index (κ1) is 29.4. The summed E-state index contributed by atoms with van der Waals surface area (Å²) >= 11 is 0. The summed E-state index contributed by atoms with van der Waals surface area (Å²) in [5.74, 6) is -3.39. The van der Waals surface area contributed by atoms with Crippen LogP contribution in [0.3, 0.4) is 0 Å². The summed E-state index contributed by atoms with van der Waals surface area (Å²) < 4.78 is 49.1. The molecular formula is C19H34NO12P. The molecule has 0 aromatic carbocycles. The van der Waals surface area contributed by atoms with Crippen LogP contribution in [0.25, 0.3) is 0 Å². The molecule has 1 fully saturated rings. The fourth-order valence-corrected chi connectivity index (χ4v) is 3.16. The highest BCUT2D eigenvalue weighted by Gasteiger charge is 2.46. The lowest BCUT2D eigenvalue weighted by atomic mass is 9.98. The Morgan fingerprint density at radius 3 is 1.76 bits per heavy atom. The lowest BCUT2D eigenvalue weighted by molar-refractivity contribution is -0.164. The number of hydroxylamine groups is 1. The van der Waals surface area contributed by atoms with Crippen molar-refractivity contribution >= 4 is 25.7 Å². The maximum atomic E-state index is 13.0. The molecule has 0 bridgehead atoms. The van der Waals surface area contributed by atoms with Crippen LogP contribution in [0.2, 0.25) is 0 Å². The van der Waals surface area contributed by atoms with Gasteiger partial charge in [-0.25, -0.2) is 19.1 Å². The van der Waals surface area contributed by atoms with Crippen LogP contribution in [0.5, 0.6) is 0 Å². The number of amides is 1. The maximum absolute atomic E-state index is 13.0. The van der Waals surface area contributed by atoms with Crippen molar-refractivity contribution in [3.63, 3.8) is 0 Å². The van der Waals surface area contributed by atoms with E-state index in [9.17, 15) is 18.9 Å². The number of carbonyl (C=O) groups is 3. The van der Waals surface area contributed by atoms with Gasteiger partial charge in [0, 0.05) is 0 Å². The standard InChI is InChI=1S/C19H34NO12P/c1-17(2,3)15(22)26-10-29-33(25,30-11-27-16(23)18(4,5)6)28-9-12-13(14(21)20-24)32-19(7,8)31-12/h12-13,24H,9-11H2,1-8H3,(H,20,21)/t12-,13-/m1/s1. The highest BCUT2D eigenvalue weighted by atomic mass is 31.2. The SMILES string of the molecule is CC1(C)O[C@H](COP(=O)(OCOC(=O)C(C)(C)C)OCOC(=O)C(C)(C)C)[C@H](C(=O)NO)O1. The van der Waals surface area contributed by atoms with E-state index >= 15 is 0 Å². The van der Waals surface area contributed by atoms with E-state index in [0.29, 0.717) is 0 Å². The monoisotopic (exact) mass is 499 g/mol. The van der Waals surface area contributed by atoms with Gasteiger partial charge in [0.2, 0.25) is 13.6 Å². The Morgan fingerprint density at radius 2 is 1.36 bits per heavy atom. The van der Waals surface area contributed by atoms with E-state index in [4.69, 9.17) is 37.7 Å². The molecule has 1 rings (SSSR count). The minimum atomic E-state index is -4.48. The number of esters is 2. The number of rotatable bonds is 10. The topological polar surface area (TPSA) is 165 Å². The van der Waals surface area contributed by atoms with Crippen LogP contribution >= 0.6 is 7.82 Å². The summed E-state index contributed by atoms with van der Waals surface area (Å²) in [5, 5.41) is 8.90. The predicted octanol–water partition coefficient (Wildman–Crippen LogP) is 2.26. The molecule has 192 valence electrons. The molecule has 2 atom stereocenters. The summed E-state index contributed by atoms with van der Waals surface area (Å²) in [6.07, 6.45) is -2.40. The summed E-state index contributed by atoms with van der Waals surface area (Å²) in [7, 11) is -4.48. The Morgan fingerprint density at radius 1 is 0.909 bits per heavy atom. The zero-order chi connectivity index (χ0) is 25.7. The Hall–Kier alpha value is -1.60. The van der Waals surface area contributed by atoms with Gasteiger partial charge in [0.15, 0.2) is 11.9 Å². The molecule has 13 nitrogen and oxygen atoms in total. The van der Waals surface area contributed by atoms with Crippen LogP contribution in [-0.2, 0) is 51.5 Å². The van der Waals surface area contributed by atoms with Crippen LogP contribution in [0, 0.1) is 10.8 Å². The molecule has 1 heterocycles. The minimum absolute atomic E-state index is 0.542. The number of carbonyl (C=O) groups excluding carboxylic acids is 3. The van der Waals surface area contributed by atoms with Crippen molar-refractivity contribution < 1.29 is 56.7 Å². The largest absolute Gasteiger partial charge is 0.480 e. The average molecular weight is 499 g/mol. The number of phosphoric ester groups is 1. The normalized spacial score (nSPS) is 20.9. The number of phosphoric acid groups is 1. The first-order valence-corrected chi connectivity index (χ1v) is 11.5.